The summed E-state index contributed by atoms with van der Waals surface area (Å²) in [7, 11) is 3.45. The summed E-state index contributed by atoms with van der Waals surface area (Å²) in [6, 6.07) is 16.4. The zero-order chi connectivity index (χ0) is 50.7. The van der Waals surface area contributed by atoms with Gasteiger partial charge in [-0.15, -0.1) is 12.8 Å². The number of methoxy groups -OCH3 is 1. The molecule has 11 rings (SSSR count). The maximum absolute atomic E-state index is 16.6. The molecule has 10 aromatic rings. The molecule has 0 amide bonds. The smallest absolute Gasteiger partial charge is 0.322 e. The zero-order valence-electron chi connectivity index (χ0n) is 40.4. The molecule has 9 heterocycles. The Hall–Kier alpha value is -9.48. The Morgan fingerprint density at radius 1 is 0.644 bits per heavy atom. The summed E-state index contributed by atoms with van der Waals surface area (Å²) in [6.07, 6.45) is 21.2. The van der Waals surface area contributed by atoms with Gasteiger partial charge in [0.05, 0.1) is 41.1 Å². The first-order chi connectivity index (χ1) is 35.4. The van der Waals surface area contributed by atoms with Crippen molar-refractivity contribution < 1.29 is 23.0 Å². The summed E-state index contributed by atoms with van der Waals surface area (Å²) in [5.41, 5.74) is 11.9. The largest absolute Gasteiger partial charge is 0.496 e. The fraction of sp³-hybridized carbons (Fsp3) is 0.179. The van der Waals surface area contributed by atoms with Crippen molar-refractivity contribution in [1.82, 2.24) is 59.0 Å². The zero-order valence-corrected chi connectivity index (χ0v) is 40.4. The van der Waals surface area contributed by atoms with Gasteiger partial charge in [0, 0.05) is 83.0 Å². The molecule has 1 aliphatic rings. The van der Waals surface area contributed by atoms with Crippen molar-refractivity contribution in [1.29, 1.82) is 0 Å². The third kappa shape index (κ3) is 8.06. The van der Waals surface area contributed by atoms with E-state index in [1.807, 2.05) is 38.5 Å². The molecule has 1 atom stereocenters. The minimum Gasteiger partial charge on any atom is -0.496 e. The van der Waals surface area contributed by atoms with Gasteiger partial charge in [-0.2, -0.15) is 4.98 Å². The van der Waals surface area contributed by atoms with E-state index in [1.54, 1.807) is 75.1 Å². The Balaban J connectivity index is 0.962. The van der Waals surface area contributed by atoms with Gasteiger partial charge in [-0.05, 0) is 99.7 Å². The maximum atomic E-state index is 16.6. The lowest BCUT2D eigenvalue weighted by atomic mass is 9.95. The minimum absolute atomic E-state index is 0.0312. The molecule has 8 aromatic heterocycles. The van der Waals surface area contributed by atoms with Crippen molar-refractivity contribution in [3.05, 3.63) is 149 Å². The van der Waals surface area contributed by atoms with Gasteiger partial charge >= 0.3 is 12.0 Å². The first-order valence-corrected chi connectivity index (χ1v) is 23.1. The number of ether oxygens (including phenoxy) is 3. The normalized spacial score (nSPS) is 13.0. The molecule has 0 saturated heterocycles. The van der Waals surface area contributed by atoms with E-state index < -0.39 is 11.6 Å². The lowest BCUT2D eigenvalue weighted by molar-refractivity contribution is 0.406. The minimum atomic E-state index is -0.652. The van der Waals surface area contributed by atoms with Crippen molar-refractivity contribution in [2.45, 2.75) is 53.0 Å². The molecule has 0 N–H and O–H groups in total. The van der Waals surface area contributed by atoms with E-state index in [0.29, 0.717) is 110 Å². The Kier molecular flexibility index (Phi) is 11.6. The van der Waals surface area contributed by atoms with E-state index in [4.69, 9.17) is 37.0 Å². The van der Waals surface area contributed by atoms with Crippen molar-refractivity contribution in [2.24, 2.45) is 7.05 Å². The van der Waals surface area contributed by atoms with Gasteiger partial charge in [-0.25, -0.2) is 53.6 Å². The van der Waals surface area contributed by atoms with E-state index in [0.717, 1.165) is 27.6 Å². The highest BCUT2D eigenvalue weighted by molar-refractivity contribution is 6.06. The fourth-order valence-corrected chi connectivity index (χ4v) is 9.89. The predicted octanol–water partition coefficient (Wildman–Crippen LogP) is 10.5. The SMILES string of the molecule is C#Cc1cc2c(cn1)-c1c(-c3ccc(Oc4nccc(C)n4)c(F)c3)c3c(C)ncnc3n1C(Cc1ccnc(Oc3ccc(-c4c(-c5c(OC)cc(C#C)nc5C)n(C)c5ncnc(C)c45)cc3F)n1)CC2. The second-order valence-electron chi connectivity index (χ2n) is 17.6. The Morgan fingerprint density at radius 2 is 1.27 bits per heavy atom. The predicted molar refractivity (Wildman–Crippen MR) is 270 cm³/mol. The van der Waals surface area contributed by atoms with Crippen LogP contribution in [0.3, 0.4) is 0 Å². The van der Waals surface area contributed by atoms with Crippen LogP contribution in [0.2, 0.25) is 0 Å². The number of terminal acetylenes is 2. The van der Waals surface area contributed by atoms with Crippen molar-refractivity contribution in [3.63, 3.8) is 0 Å². The number of fused-ring (bicyclic) bond motifs is 6. The second-order valence-corrected chi connectivity index (χ2v) is 17.6. The van der Waals surface area contributed by atoms with Crippen molar-refractivity contribution >= 4 is 22.1 Å². The van der Waals surface area contributed by atoms with Crippen LogP contribution >= 0.6 is 0 Å². The van der Waals surface area contributed by atoms with Gasteiger partial charge in [-0.3, -0.25) is 0 Å². The first-order valence-electron chi connectivity index (χ1n) is 23.1. The van der Waals surface area contributed by atoms with Gasteiger partial charge in [0.25, 0.3) is 0 Å². The highest BCUT2D eigenvalue weighted by Crippen LogP contribution is 2.49. The Morgan fingerprint density at radius 3 is 1.92 bits per heavy atom. The number of aryl methyl sites for hydroxylation is 6. The maximum Gasteiger partial charge on any atom is 0.322 e. The lowest BCUT2D eigenvalue weighted by Gasteiger charge is -2.20. The molecule has 0 aliphatic carbocycles. The van der Waals surface area contributed by atoms with Crippen LogP contribution in [0.4, 0.5) is 8.78 Å². The molecule has 358 valence electrons. The molecule has 17 heteroatoms. The molecule has 0 fully saturated rings. The summed E-state index contributed by atoms with van der Waals surface area (Å²) >= 11 is 0. The van der Waals surface area contributed by atoms with Crippen LogP contribution in [-0.2, 0) is 19.9 Å². The van der Waals surface area contributed by atoms with E-state index in [-0.39, 0.29) is 29.6 Å². The topological polar surface area (TPSA) is 166 Å². The average molecular weight is 969 g/mol. The number of aromatic nitrogens is 12. The summed E-state index contributed by atoms with van der Waals surface area (Å²) in [5.74, 6) is 4.38. The summed E-state index contributed by atoms with van der Waals surface area (Å²) < 4.78 is 54.7. The molecule has 15 nitrogen and oxygen atoms in total. The summed E-state index contributed by atoms with van der Waals surface area (Å²) in [5, 5.41) is 1.47. The third-order valence-corrected chi connectivity index (χ3v) is 13.2. The summed E-state index contributed by atoms with van der Waals surface area (Å²) in [6.45, 7) is 7.43. The van der Waals surface area contributed by atoms with Crippen molar-refractivity contribution in [2.75, 3.05) is 7.11 Å². The molecular formula is C56H42F2N12O3. The molecule has 1 unspecified atom stereocenters. The van der Waals surface area contributed by atoms with E-state index in [2.05, 4.69) is 56.3 Å². The molecule has 0 spiro atoms. The van der Waals surface area contributed by atoms with Gasteiger partial charge < -0.3 is 23.3 Å². The number of nitrogens with zero attached hydrogens (tertiary/aromatic N) is 12. The highest BCUT2D eigenvalue weighted by atomic mass is 19.1. The quantitative estimate of drug-likeness (QED) is 0.119. The number of benzene rings is 2. The van der Waals surface area contributed by atoms with Crippen LogP contribution in [0.1, 0.15) is 57.9 Å². The first kappa shape index (κ1) is 45.9. The molecule has 2 aromatic carbocycles. The van der Waals surface area contributed by atoms with E-state index in [9.17, 15) is 0 Å². The molecule has 0 radical (unpaired) electrons. The monoisotopic (exact) mass is 968 g/mol. The van der Waals surface area contributed by atoms with Crippen LogP contribution in [0.15, 0.2) is 91.9 Å². The van der Waals surface area contributed by atoms with Gasteiger partial charge in [0.1, 0.15) is 41.1 Å². The number of pyridine rings is 2. The van der Waals surface area contributed by atoms with E-state index in [1.165, 1.54) is 24.8 Å². The third-order valence-electron chi connectivity index (χ3n) is 13.2. The molecule has 0 saturated carbocycles. The van der Waals surface area contributed by atoms with Crippen LogP contribution in [0, 0.1) is 64.0 Å². The number of hydrogen-bond acceptors (Lipinski definition) is 13. The lowest BCUT2D eigenvalue weighted by Crippen LogP contribution is -2.14. The van der Waals surface area contributed by atoms with Crippen LogP contribution in [0.5, 0.6) is 29.3 Å². The Labute approximate surface area is 417 Å². The molecule has 0 bridgehead atoms. The molecule has 73 heavy (non-hydrogen) atoms. The number of rotatable bonds is 10. The van der Waals surface area contributed by atoms with Gasteiger partial charge in [-0.1, -0.05) is 24.0 Å². The average Bonchev–Trinajstić information content (AvgIpc) is 3.83. The standard InChI is InChI=1S/C56H42F2N12O3/c1-9-36-21-33-11-14-39(70-51(40(33)26-61-36)49(48-31(5)63-28-65-54(48)70)34-12-15-43(41(57)22-34)72-55-59-19-17-29(3)66-55)24-38-18-20-60-56(68-38)73-44-16-13-35(23-42(44)58)50-47-30(4)62-27-64-53(47)69(7)52(50)46-32(6)67-37(10-2)25-45(46)71-8/h1-2,12-13,15-23,25-28,39H,11,14,24H2,3-8H3. The highest BCUT2D eigenvalue weighted by Gasteiger charge is 2.33. The van der Waals surface area contributed by atoms with Crippen LogP contribution in [-0.4, -0.2) is 66.1 Å². The number of halogens is 2. The van der Waals surface area contributed by atoms with Crippen LogP contribution < -0.4 is 14.2 Å². The van der Waals surface area contributed by atoms with Gasteiger partial charge in [0.15, 0.2) is 23.1 Å². The van der Waals surface area contributed by atoms with E-state index >= 15 is 8.78 Å². The fourth-order valence-electron chi connectivity index (χ4n) is 9.89. The molecular weight excluding hydrogens is 927 g/mol. The summed E-state index contributed by atoms with van der Waals surface area (Å²) in [4.78, 5) is 45.5. The van der Waals surface area contributed by atoms with Gasteiger partial charge in [0.2, 0.25) is 0 Å². The van der Waals surface area contributed by atoms with Crippen LogP contribution in [0.25, 0.3) is 66.8 Å². The Bertz CT molecular complexity index is 3990. The second kappa shape index (κ2) is 18.4. The van der Waals surface area contributed by atoms with Crippen molar-refractivity contribution in [3.8, 4) is 98.7 Å². The molecule has 1 aliphatic heterocycles. The number of hydrogen-bond donors (Lipinski definition) is 0.